The Hall–Kier alpha value is -2.62. The van der Waals surface area contributed by atoms with Crippen LogP contribution in [0.4, 0.5) is 11.4 Å². The monoisotopic (exact) mass is 310 g/mol. The van der Waals surface area contributed by atoms with Crippen LogP contribution in [0.25, 0.3) is 0 Å². The summed E-state index contributed by atoms with van der Waals surface area (Å²) in [6, 6.07) is 13.4. The zero-order valence-corrected chi connectivity index (χ0v) is 14.0. The molecule has 0 aliphatic heterocycles. The molecule has 0 spiro atoms. The smallest absolute Gasteiger partial charge is 0.244 e. The van der Waals surface area contributed by atoms with Crippen LogP contribution in [0.3, 0.4) is 0 Å². The maximum absolute atomic E-state index is 12.4. The molecule has 2 amide bonds. The van der Waals surface area contributed by atoms with Gasteiger partial charge in [0.05, 0.1) is 0 Å². The van der Waals surface area contributed by atoms with Crippen molar-refractivity contribution in [2.45, 2.75) is 27.7 Å². The molecule has 0 atom stereocenters. The van der Waals surface area contributed by atoms with E-state index in [0.29, 0.717) is 0 Å². The molecule has 4 nitrogen and oxygen atoms in total. The van der Waals surface area contributed by atoms with Gasteiger partial charge in [0.15, 0.2) is 0 Å². The van der Waals surface area contributed by atoms with Gasteiger partial charge >= 0.3 is 0 Å². The molecule has 0 aliphatic rings. The summed E-state index contributed by atoms with van der Waals surface area (Å²) in [7, 11) is 0. The van der Waals surface area contributed by atoms with Crippen LogP contribution in [0.5, 0.6) is 0 Å². The molecular weight excluding hydrogens is 288 g/mol. The van der Waals surface area contributed by atoms with Crippen LogP contribution >= 0.6 is 0 Å². The molecular formula is C19H22N2O2. The highest BCUT2D eigenvalue weighted by Crippen LogP contribution is 2.20. The zero-order valence-electron chi connectivity index (χ0n) is 14.0. The van der Waals surface area contributed by atoms with Gasteiger partial charge in [0.1, 0.15) is 6.54 Å². The Kier molecular flexibility index (Phi) is 5.16. The fourth-order valence-electron chi connectivity index (χ4n) is 2.44. The van der Waals surface area contributed by atoms with Crippen molar-refractivity contribution in [2.75, 3.05) is 16.8 Å². The van der Waals surface area contributed by atoms with Gasteiger partial charge in [0, 0.05) is 18.3 Å². The average molecular weight is 310 g/mol. The van der Waals surface area contributed by atoms with Crippen molar-refractivity contribution in [3.63, 3.8) is 0 Å². The van der Waals surface area contributed by atoms with E-state index < -0.39 is 0 Å². The highest BCUT2D eigenvalue weighted by atomic mass is 16.2. The Bertz CT molecular complexity index is 738. The lowest BCUT2D eigenvalue weighted by Gasteiger charge is -2.22. The summed E-state index contributed by atoms with van der Waals surface area (Å²) in [6.45, 7) is 7.31. The summed E-state index contributed by atoms with van der Waals surface area (Å²) in [5, 5.41) is 2.89. The lowest BCUT2D eigenvalue weighted by molar-refractivity contribution is -0.120. The van der Waals surface area contributed by atoms with Crippen molar-refractivity contribution >= 4 is 23.2 Å². The molecule has 0 aliphatic carbocycles. The van der Waals surface area contributed by atoms with Crippen molar-refractivity contribution in [1.82, 2.24) is 0 Å². The fraction of sp³-hybridized carbons (Fsp3) is 0.263. The molecule has 0 heterocycles. The molecule has 23 heavy (non-hydrogen) atoms. The number of hydrogen-bond acceptors (Lipinski definition) is 2. The van der Waals surface area contributed by atoms with Gasteiger partial charge < -0.3 is 10.2 Å². The van der Waals surface area contributed by atoms with Crippen molar-refractivity contribution in [2.24, 2.45) is 0 Å². The van der Waals surface area contributed by atoms with E-state index in [0.717, 1.165) is 28.1 Å². The van der Waals surface area contributed by atoms with E-state index in [-0.39, 0.29) is 18.4 Å². The second-order valence-electron chi connectivity index (χ2n) is 5.76. The van der Waals surface area contributed by atoms with Gasteiger partial charge in [-0.25, -0.2) is 0 Å². The summed E-state index contributed by atoms with van der Waals surface area (Å²) < 4.78 is 0. The van der Waals surface area contributed by atoms with Gasteiger partial charge in [0.25, 0.3) is 0 Å². The number of anilines is 2. The first-order valence-corrected chi connectivity index (χ1v) is 7.59. The zero-order chi connectivity index (χ0) is 17.0. The van der Waals surface area contributed by atoms with Gasteiger partial charge in [-0.1, -0.05) is 30.3 Å². The van der Waals surface area contributed by atoms with Gasteiger partial charge in [-0.15, -0.1) is 0 Å². The lowest BCUT2D eigenvalue weighted by Crippen LogP contribution is -2.37. The van der Waals surface area contributed by atoms with E-state index in [2.05, 4.69) is 5.32 Å². The van der Waals surface area contributed by atoms with E-state index in [1.165, 1.54) is 11.8 Å². The second kappa shape index (κ2) is 7.09. The van der Waals surface area contributed by atoms with E-state index in [1.54, 1.807) is 0 Å². The van der Waals surface area contributed by atoms with Crippen LogP contribution in [-0.4, -0.2) is 18.4 Å². The van der Waals surface area contributed by atoms with Crippen molar-refractivity contribution < 1.29 is 9.59 Å². The summed E-state index contributed by atoms with van der Waals surface area (Å²) in [5.41, 5.74) is 4.57. The highest BCUT2D eigenvalue weighted by Gasteiger charge is 2.17. The molecule has 1 N–H and O–H groups in total. The molecule has 2 aromatic carbocycles. The molecule has 0 unspecified atom stereocenters. The molecule has 0 bridgehead atoms. The molecule has 2 rings (SSSR count). The van der Waals surface area contributed by atoms with Crippen LogP contribution < -0.4 is 10.2 Å². The molecule has 2 aromatic rings. The number of hydrogen-bond donors (Lipinski definition) is 1. The topological polar surface area (TPSA) is 49.4 Å². The molecule has 0 radical (unpaired) electrons. The first kappa shape index (κ1) is 16.7. The third-order valence-corrected chi connectivity index (χ3v) is 3.76. The Morgan fingerprint density at radius 3 is 2.35 bits per heavy atom. The predicted molar refractivity (Wildman–Crippen MR) is 93.8 cm³/mol. The van der Waals surface area contributed by atoms with Gasteiger partial charge in [-0.2, -0.15) is 0 Å². The standard InChI is InChI=1S/C19H22N2O2/c1-13-9-10-14(2)17(11-13)20-19(23)12-21(16(4)22)18-8-6-5-7-15(18)3/h5-11H,12H2,1-4H3,(H,20,23). The highest BCUT2D eigenvalue weighted by molar-refractivity contribution is 6.02. The number of carbonyl (C=O) groups is 2. The largest absolute Gasteiger partial charge is 0.324 e. The minimum absolute atomic E-state index is 0.00638. The first-order valence-electron chi connectivity index (χ1n) is 7.59. The molecule has 0 aromatic heterocycles. The number of rotatable bonds is 4. The Balaban J connectivity index is 2.18. The van der Waals surface area contributed by atoms with E-state index in [1.807, 2.05) is 63.2 Å². The maximum atomic E-state index is 12.4. The number of carbonyl (C=O) groups excluding carboxylic acids is 2. The van der Waals surface area contributed by atoms with Crippen LogP contribution in [0, 0.1) is 20.8 Å². The van der Waals surface area contributed by atoms with Crippen molar-refractivity contribution in [1.29, 1.82) is 0 Å². The Morgan fingerprint density at radius 2 is 1.70 bits per heavy atom. The summed E-state index contributed by atoms with van der Waals surface area (Å²) in [4.78, 5) is 25.8. The Labute approximate surface area is 137 Å². The van der Waals surface area contributed by atoms with Crippen LogP contribution in [-0.2, 0) is 9.59 Å². The Morgan fingerprint density at radius 1 is 1.00 bits per heavy atom. The molecule has 0 saturated heterocycles. The number of aryl methyl sites for hydroxylation is 3. The van der Waals surface area contributed by atoms with Crippen molar-refractivity contribution in [3.8, 4) is 0 Å². The van der Waals surface area contributed by atoms with Crippen LogP contribution in [0.1, 0.15) is 23.6 Å². The lowest BCUT2D eigenvalue weighted by atomic mass is 10.1. The van der Waals surface area contributed by atoms with Gasteiger partial charge in [-0.3, -0.25) is 9.59 Å². The molecule has 0 fully saturated rings. The minimum Gasteiger partial charge on any atom is -0.324 e. The number of nitrogens with one attached hydrogen (secondary N) is 1. The number of benzene rings is 2. The van der Waals surface area contributed by atoms with E-state index >= 15 is 0 Å². The van der Waals surface area contributed by atoms with Crippen LogP contribution in [0.2, 0.25) is 0 Å². The number of amides is 2. The second-order valence-corrected chi connectivity index (χ2v) is 5.76. The normalized spacial score (nSPS) is 10.3. The van der Waals surface area contributed by atoms with E-state index in [4.69, 9.17) is 0 Å². The van der Waals surface area contributed by atoms with Gasteiger partial charge in [-0.05, 0) is 49.6 Å². The SMILES string of the molecule is CC(=O)N(CC(=O)Nc1cc(C)ccc1C)c1ccccc1C. The first-order chi connectivity index (χ1) is 10.9. The third-order valence-electron chi connectivity index (χ3n) is 3.76. The van der Waals surface area contributed by atoms with Crippen molar-refractivity contribution in [3.05, 3.63) is 59.2 Å². The number of nitrogens with zero attached hydrogens (tertiary/aromatic N) is 1. The fourth-order valence-corrected chi connectivity index (χ4v) is 2.44. The quantitative estimate of drug-likeness (QED) is 0.938. The minimum atomic E-state index is -0.211. The molecule has 4 heteroatoms. The molecule has 120 valence electrons. The predicted octanol–water partition coefficient (Wildman–Crippen LogP) is 3.60. The van der Waals surface area contributed by atoms with Gasteiger partial charge in [0.2, 0.25) is 11.8 Å². The summed E-state index contributed by atoms with van der Waals surface area (Å²) >= 11 is 0. The summed E-state index contributed by atoms with van der Waals surface area (Å²) in [6.07, 6.45) is 0. The summed E-state index contributed by atoms with van der Waals surface area (Å²) in [5.74, 6) is -0.368. The average Bonchev–Trinajstić information content (AvgIpc) is 2.49. The van der Waals surface area contributed by atoms with Crippen LogP contribution in [0.15, 0.2) is 42.5 Å². The number of para-hydroxylation sites is 1. The third kappa shape index (κ3) is 4.19. The maximum Gasteiger partial charge on any atom is 0.244 e. The molecule has 0 saturated carbocycles. The van der Waals surface area contributed by atoms with E-state index in [9.17, 15) is 9.59 Å².